The third-order valence-corrected chi connectivity index (χ3v) is 1.63. The molecule has 0 saturated carbocycles. The summed E-state index contributed by atoms with van der Waals surface area (Å²) in [5.74, 6) is 0.498. The van der Waals surface area contributed by atoms with E-state index in [0.717, 1.165) is 6.07 Å². The topological polar surface area (TPSA) is 24.9 Å². The van der Waals surface area contributed by atoms with Crippen LogP contribution in [-0.4, -0.2) is 17.4 Å². The molecule has 0 saturated heterocycles. The molecule has 0 aliphatic rings. The van der Waals surface area contributed by atoms with E-state index < -0.39 is 11.9 Å². The number of halogens is 4. The molecule has 0 atom stereocenters. The van der Waals surface area contributed by atoms with Crippen molar-refractivity contribution in [2.45, 2.75) is 6.18 Å². The van der Waals surface area contributed by atoms with E-state index in [1.807, 2.05) is 0 Å². The van der Waals surface area contributed by atoms with Gasteiger partial charge < -0.3 is 5.32 Å². The summed E-state index contributed by atoms with van der Waals surface area (Å²) in [6.45, 7) is 0.385. The molecule has 0 spiro atoms. The SMILES string of the molecule is FC(F)(F)c1cccc(NCCCl)n1. The Labute approximate surface area is 84.1 Å². The molecule has 14 heavy (non-hydrogen) atoms. The monoisotopic (exact) mass is 224 g/mol. The van der Waals surface area contributed by atoms with Gasteiger partial charge in [0.25, 0.3) is 0 Å². The number of anilines is 1. The number of alkyl halides is 4. The molecule has 1 heterocycles. The molecule has 6 heteroatoms. The molecule has 2 nitrogen and oxygen atoms in total. The van der Waals surface area contributed by atoms with Gasteiger partial charge in [0.15, 0.2) is 0 Å². The second-order valence-corrected chi connectivity index (χ2v) is 2.90. The first-order valence-corrected chi connectivity index (χ1v) is 4.41. The smallest absolute Gasteiger partial charge is 0.369 e. The third kappa shape index (κ3) is 3.06. The summed E-state index contributed by atoms with van der Waals surface area (Å²) in [7, 11) is 0. The molecule has 0 aliphatic carbocycles. The lowest BCUT2D eigenvalue weighted by Gasteiger charge is -2.08. The fourth-order valence-corrected chi connectivity index (χ4v) is 0.961. The molecular formula is C8H8ClF3N2. The quantitative estimate of drug-likeness (QED) is 0.799. The van der Waals surface area contributed by atoms with E-state index in [0.29, 0.717) is 12.4 Å². The van der Waals surface area contributed by atoms with Crippen LogP contribution in [0.1, 0.15) is 5.69 Å². The maximum atomic E-state index is 12.2. The van der Waals surface area contributed by atoms with E-state index >= 15 is 0 Å². The number of nitrogens with one attached hydrogen (secondary N) is 1. The minimum atomic E-state index is -4.40. The number of rotatable bonds is 3. The van der Waals surface area contributed by atoms with Gasteiger partial charge in [0.2, 0.25) is 0 Å². The van der Waals surface area contributed by atoms with Crippen LogP contribution in [0.25, 0.3) is 0 Å². The van der Waals surface area contributed by atoms with E-state index in [1.54, 1.807) is 0 Å². The molecule has 78 valence electrons. The fraction of sp³-hybridized carbons (Fsp3) is 0.375. The summed E-state index contributed by atoms with van der Waals surface area (Å²) in [5, 5.41) is 2.66. The average molecular weight is 225 g/mol. The van der Waals surface area contributed by atoms with Gasteiger partial charge in [-0.25, -0.2) is 4.98 Å². The number of pyridine rings is 1. The lowest BCUT2D eigenvalue weighted by molar-refractivity contribution is -0.141. The van der Waals surface area contributed by atoms with Crippen molar-refractivity contribution in [1.29, 1.82) is 0 Å². The fourth-order valence-electron chi connectivity index (χ4n) is 0.866. The maximum absolute atomic E-state index is 12.2. The Bertz CT molecular complexity index is 301. The molecule has 0 radical (unpaired) electrons. The van der Waals surface area contributed by atoms with Gasteiger partial charge in [-0.2, -0.15) is 13.2 Å². The van der Waals surface area contributed by atoms with Crippen molar-refractivity contribution in [3.8, 4) is 0 Å². The molecule has 0 amide bonds. The highest BCUT2D eigenvalue weighted by Crippen LogP contribution is 2.27. The molecule has 0 bridgehead atoms. The molecule has 0 fully saturated rings. The van der Waals surface area contributed by atoms with Crippen LogP contribution >= 0.6 is 11.6 Å². The highest BCUT2D eigenvalue weighted by Gasteiger charge is 2.32. The van der Waals surface area contributed by atoms with Crippen LogP contribution in [0.15, 0.2) is 18.2 Å². The summed E-state index contributed by atoms with van der Waals surface area (Å²) in [4.78, 5) is 3.39. The molecule has 1 aromatic rings. The number of hydrogen-bond acceptors (Lipinski definition) is 2. The van der Waals surface area contributed by atoms with Crippen molar-refractivity contribution in [3.63, 3.8) is 0 Å². The van der Waals surface area contributed by atoms with E-state index in [4.69, 9.17) is 11.6 Å². The van der Waals surface area contributed by atoms with Crippen molar-refractivity contribution in [2.75, 3.05) is 17.7 Å². The highest BCUT2D eigenvalue weighted by atomic mass is 35.5. The van der Waals surface area contributed by atoms with Crippen LogP contribution in [0.5, 0.6) is 0 Å². The van der Waals surface area contributed by atoms with Crippen LogP contribution in [0, 0.1) is 0 Å². The minimum Gasteiger partial charge on any atom is -0.369 e. The molecular weight excluding hydrogens is 217 g/mol. The average Bonchev–Trinajstić information content (AvgIpc) is 2.14. The molecule has 0 unspecified atom stereocenters. The van der Waals surface area contributed by atoms with E-state index in [9.17, 15) is 13.2 Å². The molecule has 1 rings (SSSR count). The lowest BCUT2D eigenvalue weighted by atomic mass is 10.3. The van der Waals surface area contributed by atoms with Crippen LogP contribution in [0.3, 0.4) is 0 Å². The van der Waals surface area contributed by atoms with Crippen molar-refractivity contribution >= 4 is 17.4 Å². The highest BCUT2D eigenvalue weighted by molar-refractivity contribution is 6.18. The normalized spacial score (nSPS) is 11.4. The molecule has 1 N–H and O–H groups in total. The predicted molar refractivity (Wildman–Crippen MR) is 48.4 cm³/mol. The first-order valence-electron chi connectivity index (χ1n) is 3.88. The van der Waals surface area contributed by atoms with Gasteiger partial charge in [-0.05, 0) is 12.1 Å². The zero-order chi connectivity index (χ0) is 10.6. The van der Waals surface area contributed by atoms with Crippen molar-refractivity contribution < 1.29 is 13.2 Å². The Balaban J connectivity index is 2.79. The molecule has 1 aromatic heterocycles. The Morgan fingerprint density at radius 2 is 2.07 bits per heavy atom. The summed E-state index contributed by atoms with van der Waals surface area (Å²) >= 11 is 5.37. The lowest BCUT2D eigenvalue weighted by Crippen LogP contribution is -2.11. The number of aromatic nitrogens is 1. The molecule has 0 aromatic carbocycles. The summed E-state index contributed by atoms with van der Waals surface area (Å²) in [6, 6.07) is 3.68. The van der Waals surface area contributed by atoms with E-state index in [1.165, 1.54) is 12.1 Å². The van der Waals surface area contributed by atoms with Crippen molar-refractivity contribution in [1.82, 2.24) is 4.98 Å². The van der Waals surface area contributed by atoms with Crippen molar-refractivity contribution in [3.05, 3.63) is 23.9 Å². The maximum Gasteiger partial charge on any atom is 0.433 e. The largest absolute Gasteiger partial charge is 0.433 e. The molecule has 0 aliphatic heterocycles. The van der Waals surface area contributed by atoms with Gasteiger partial charge in [-0.3, -0.25) is 0 Å². The van der Waals surface area contributed by atoms with Crippen LogP contribution in [0.4, 0.5) is 19.0 Å². The van der Waals surface area contributed by atoms with Gasteiger partial charge in [-0.15, -0.1) is 11.6 Å². The summed E-state index contributed by atoms with van der Waals surface area (Å²) < 4.78 is 36.5. The second kappa shape index (κ2) is 4.50. The second-order valence-electron chi connectivity index (χ2n) is 2.52. The summed E-state index contributed by atoms with van der Waals surface area (Å²) in [6.07, 6.45) is -4.40. The van der Waals surface area contributed by atoms with Gasteiger partial charge in [0, 0.05) is 12.4 Å². The van der Waals surface area contributed by atoms with Crippen molar-refractivity contribution in [2.24, 2.45) is 0 Å². The van der Waals surface area contributed by atoms with Crippen LogP contribution in [0.2, 0.25) is 0 Å². The number of nitrogens with zero attached hydrogens (tertiary/aromatic N) is 1. The standard InChI is InChI=1S/C8H8ClF3N2/c9-4-5-13-7-3-1-2-6(14-7)8(10,11)12/h1-3H,4-5H2,(H,13,14). The van der Waals surface area contributed by atoms with Gasteiger partial charge in [0.1, 0.15) is 11.5 Å². The Morgan fingerprint density at radius 3 is 2.64 bits per heavy atom. The van der Waals surface area contributed by atoms with E-state index in [2.05, 4.69) is 10.3 Å². The third-order valence-electron chi connectivity index (χ3n) is 1.44. The zero-order valence-electron chi connectivity index (χ0n) is 7.11. The summed E-state index contributed by atoms with van der Waals surface area (Å²) in [5.41, 5.74) is -0.905. The minimum absolute atomic E-state index is 0.181. The van der Waals surface area contributed by atoms with E-state index in [-0.39, 0.29) is 5.82 Å². The van der Waals surface area contributed by atoms with Gasteiger partial charge in [0.05, 0.1) is 0 Å². The Kier molecular flexibility index (Phi) is 3.57. The first kappa shape index (κ1) is 11.1. The van der Waals surface area contributed by atoms with Crippen LogP contribution < -0.4 is 5.32 Å². The Morgan fingerprint density at radius 1 is 1.36 bits per heavy atom. The zero-order valence-corrected chi connectivity index (χ0v) is 7.86. The number of hydrogen-bond donors (Lipinski definition) is 1. The Hall–Kier alpha value is -0.970. The first-order chi connectivity index (χ1) is 6.54. The van der Waals surface area contributed by atoms with Gasteiger partial charge in [-0.1, -0.05) is 6.07 Å². The van der Waals surface area contributed by atoms with Crippen LogP contribution in [-0.2, 0) is 6.18 Å². The predicted octanol–water partition coefficient (Wildman–Crippen LogP) is 2.75. The van der Waals surface area contributed by atoms with Gasteiger partial charge >= 0.3 is 6.18 Å².